The zero-order valence-corrected chi connectivity index (χ0v) is 19.2. The van der Waals surface area contributed by atoms with Crippen molar-refractivity contribution in [2.75, 3.05) is 32.7 Å². The van der Waals surface area contributed by atoms with Crippen molar-refractivity contribution >= 4 is 12.0 Å². The molecule has 2 amide bonds. The van der Waals surface area contributed by atoms with Crippen LogP contribution in [0, 0.1) is 6.92 Å². The van der Waals surface area contributed by atoms with Crippen molar-refractivity contribution in [2.45, 2.75) is 19.9 Å². The summed E-state index contributed by atoms with van der Waals surface area (Å²) in [4.78, 5) is 40.4. The number of carbonyl (C=O) groups excluding carboxylic acids is 1. The first-order valence-electron chi connectivity index (χ1n) is 11.4. The smallest absolute Gasteiger partial charge is 0.404 e. The van der Waals surface area contributed by atoms with E-state index in [0.717, 1.165) is 11.1 Å². The van der Waals surface area contributed by atoms with Crippen LogP contribution < -0.4 is 16.3 Å². The second-order valence-corrected chi connectivity index (χ2v) is 8.25. The number of nitrogens with one attached hydrogen (secondary N) is 2. The lowest BCUT2D eigenvalue weighted by molar-refractivity contribution is 0.0725. The molecule has 0 bridgehead atoms. The highest BCUT2D eigenvalue weighted by atomic mass is 16.4. The molecule has 1 aliphatic heterocycles. The maximum atomic E-state index is 13.9. The molecule has 2 aromatic carbocycles. The highest BCUT2D eigenvalue weighted by molar-refractivity contribution is 5.99. The highest BCUT2D eigenvalue weighted by Gasteiger charge is 2.30. The number of amides is 2. The Bertz CT molecular complexity index is 1230. The van der Waals surface area contributed by atoms with Gasteiger partial charge in [-0.05, 0) is 25.0 Å². The summed E-state index contributed by atoms with van der Waals surface area (Å²) in [7, 11) is 0. The van der Waals surface area contributed by atoms with E-state index in [9.17, 15) is 14.4 Å². The van der Waals surface area contributed by atoms with Crippen molar-refractivity contribution < 1.29 is 14.7 Å². The fourth-order valence-electron chi connectivity index (χ4n) is 4.32. The van der Waals surface area contributed by atoms with Gasteiger partial charge in [0.15, 0.2) is 0 Å². The Labute approximate surface area is 197 Å². The molecular weight excluding hydrogens is 434 g/mol. The third kappa shape index (κ3) is 4.74. The maximum Gasteiger partial charge on any atom is 0.404 e. The van der Waals surface area contributed by atoms with Crippen molar-refractivity contribution in [3.63, 3.8) is 0 Å². The monoisotopic (exact) mass is 463 g/mol. The van der Waals surface area contributed by atoms with E-state index >= 15 is 0 Å². The van der Waals surface area contributed by atoms with Gasteiger partial charge in [0.25, 0.3) is 5.91 Å². The Hall–Kier alpha value is -3.85. The summed E-state index contributed by atoms with van der Waals surface area (Å²) < 4.78 is 3.12. The minimum atomic E-state index is -1.12. The van der Waals surface area contributed by atoms with Gasteiger partial charge in [0, 0.05) is 44.8 Å². The van der Waals surface area contributed by atoms with E-state index < -0.39 is 6.09 Å². The highest BCUT2D eigenvalue weighted by Crippen LogP contribution is 2.28. The van der Waals surface area contributed by atoms with Gasteiger partial charge in [-0.2, -0.15) is 0 Å². The molecule has 0 unspecified atom stereocenters. The number of imidazole rings is 1. The van der Waals surface area contributed by atoms with Gasteiger partial charge in [-0.15, -0.1) is 0 Å². The van der Waals surface area contributed by atoms with Gasteiger partial charge in [-0.1, -0.05) is 48.5 Å². The number of aromatic nitrogens is 2. The van der Waals surface area contributed by atoms with Crippen molar-refractivity contribution in [3.05, 3.63) is 76.3 Å². The first-order chi connectivity index (χ1) is 16.5. The zero-order chi connectivity index (χ0) is 24.1. The van der Waals surface area contributed by atoms with Crippen LogP contribution in [0.25, 0.3) is 16.9 Å². The SMILES string of the molecule is Cc1ccccc1-n1c(-c2ccccc2)c(C(=O)N2CCNCC2)n(CCCNC(=O)O)c1=O. The molecule has 3 N–H and O–H groups in total. The molecule has 3 aromatic rings. The van der Waals surface area contributed by atoms with E-state index in [4.69, 9.17) is 5.11 Å². The van der Waals surface area contributed by atoms with Crippen LogP contribution in [0.2, 0.25) is 0 Å². The number of benzene rings is 2. The number of hydrogen-bond donors (Lipinski definition) is 3. The molecule has 9 nitrogen and oxygen atoms in total. The lowest BCUT2D eigenvalue weighted by Gasteiger charge is -2.28. The summed E-state index contributed by atoms with van der Waals surface area (Å²) in [5.74, 6) is -0.198. The molecule has 0 saturated carbocycles. The van der Waals surface area contributed by atoms with Crippen LogP contribution in [-0.2, 0) is 6.54 Å². The summed E-state index contributed by atoms with van der Waals surface area (Å²) in [6, 6.07) is 17.0. The maximum absolute atomic E-state index is 13.9. The quantitative estimate of drug-likeness (QED) is 0.466. The van der Waals surface area contributed by atoms with Crippen LogP contribution in [0.1, 0.15) is 22.5 Å². The molecule has 1 aromatic heterocycles. The number of carbonyl (C=O) groups is 2. The summed E-state index contributed by atoms with van der Waals surface area (Å²) >= 11 is 0. The van der Waals surface area contributed by atoms with Crippen LogP contribution in [0.4, 0.5) is 4.79 Å². The molecule has 9 heteroatoms. The second kappa shape index (κ2) is 10.4. The third-order valence-electron chi connectivity index (χ3n) is 5.99. The third-order valence-corrected chi connectivity index (χ3v) is 5.99. The lowest BCUT2D eigenvalue weighted by atomic mass is 10.1. The Balaban J connectivity index is 1.92. The molecule has 2 heterocycles. The topological polar surface area (TPSA) is 109 Å². The molecule has 1 saturated heterocycles. The molecule has 4 rings (SSSR count). The van der Waals surface area contributed by atoms with E-state index in [1.165, 1.54) is 4.57 Å². The predicted molar refractivity (Wildman–Crippen MR) is 130 cm³/mol. The van der Waals surface area contributed by atoms with E-state index in [-0.39, 0.29) is 24.7 Å². The number of carboxylic acid groups (broad SMARTS) is 1. The normalized spacial score (nSPS) is 13.6. The Morgan fingerprint density at radius 3 is 2.38 bits per heavy atom. The molecule has 0 aliphatic carbocycles. The first kappa shape index (κ1) is 23.3. The average molecular weight is 464 g/mol. The van der Waals surface area contributed by atoms with Crippen LogP contribution >= 0.6 is 0 Å². The van der Waals surface area contributed by atoms with Gasteiger partial charge < -0.3 is 20.6 Å². The second-order valence-electron chi connectivity index (χ2n) is 8.25. The van der Waals surface area contributed by atoms with Crippen molar-refractivity contribution in [1.29, 1.82) is 0 Å². The standard InChI is InChI=1S/C25H29N5O4/c1-18-8-5-6-11-20(18)30-21(19-9-3-2-4-10-19)22(23(31)28-16-13-26-14-17-28)29(25(30)34)15-7-12-27-24(32)33/h2-6,8-11,26-27H,7,12-17H2,1H3,(H,32,33). The fourth-order valence-corrected chi connectivity index (χ4v) is 4.32. The number of piperazine rings is 1. The first-order valence-corrected chi connectivity index (χ1v) is 11.4. The summed E-state index contributed by atoms with van der Waals surface area (Å²) in [5, 5.41) is 14.5. The number of para-hydroxylation sites is 1. The van der Waals surface area contributed by atoms with Gasteiger partial charge in [-0.25, -0.2) is 9.59 Å². The van der Waals surface area contributed by atoms with Gasteiger partial charge in [0.1, 0.15) is 5.69 Å². The minimum absolute atomic E-state index is 0.180. The largest absolute Gasteiger partial charge is 0.465 e. The van der Waals surface area contributed by atoms with Gasteiger partial charge in [0.2, 0.25) is 0 Å². The number of hydrogen-bond acceptors (Lipinski definition) is 4. The molecule has 1 aliphatic rings. The summed E-state index contributed by atoms with van der Waals surface area (Å²) in [5.41, 5.74) is 2.95. The molecule has 34 heavy (non-hydrogen) atoms. The Morgan fingerprint density at radius 2 is 1.71 bits per heavy atom. The van der Waals surface area contributed by atoms with Crippen molar-refractivity contribution in [2.24, 2.45) is 0 Å². The van der Waals surface area contributed by atoms with Gasteiger partial charge in [-0.3, -0.25) is 13.9 Å². The molecule has 178 valence electrons. The molecule has 0 atom stereocenters. The van der Waals surface area contributed by atoms with E-state index in [1.807, 2.05) is 61.5 Å². The average Bonchev–Trinajstić information content (AvgIpc) is 3.14. The van der Waals surface area contributed by atoms with Crippen molar-refractivity contribution in [3.8, 4) is 16.9 Å². The molecular formula is C25H29N5O4. The van der Waals surface area contributed by atoms with Crippen LogP contribution in [0.3, 0.4) is 0 Å². The summed E-state index contributed by atoms with van der Waals surface area (Å²) in [6.07, 6.45) is -0.744. The molecule has 0 spiro atoms. The van der Waals surface area contributed by atoms with E-state index in [0.29, 0.717) is 49.7 Å². The van der Waals surface area contributed by atoms with E-state index in [2.05, 4.69) is 10.6 Å². The number of rotatable bonds is 7. The van der Waals surface area contributed by atoms with Crippen LogP contribution in [0.15, 0.2) is 59.4 Å². The zero-order valence-electron chi connectivity index (χ0n) is 19.2. The van der Waals surface area contributed by atoms with Gasteiger partial charge >= 0.3 is 11.8 Å². The van der Waals surface area contributed by atoms with Crippen molar-refractivity contribution in [1.82, 2.24) is 24.7 Å². The van der Waals surface area contributed by atoms with Gasteiger partial charge in [0.05, 0.1) is 11.4 Å². The predicted octanol–water partition coefficient (Wildman–Crippen LogP) is 2.32. The van der Waals surface area contributed by atoms with Crippen LogP contribution in [0.5, 0.6) is 0 Å². The summed E-state index contributed by atoms with van der Waals surface area (Å²) in [6.45, 7) is 4.82. The fraction of sp³-hybridized carbons (Fsp3) is 0.320. The number of aryl methyl sites for hydroxylation is 1. The number of nitrogens with zero attached hydrogens (tertiary/aromatic N) is 3. The Kier molecular flexibility index (Phi) is 7.12. The lowest BCUT2D eigenvalue weighted by Crippen LogP contribution is -2.47. The molecule has 0 radical (unpaired) electrons. The minimum Gasteiger partial charge on any atom is -0.465 e. The Morgan fingerprint density at radius 1 is 1.03 bits per heavy atom. The molecule has 1 fully saturated rings. The van der Waals surface area contributed by atoms with E-state index in [1.54, 1.807) is 9.47 Å². The van der Waals surface area contributed by atoms with Crippen LogP contribution in [-0.4, -0.2) is 63.9 Å².